The van der Waals surface area contributed by atoms with Gasteiger partial charge in [-0.15, -0.1) is 11.8 Å². The molecule has 1 saturated heterocycles. The standard InChI is InChI=1S/C40H54N8O13S/c1-4-18(2)33-38(60)42-13-30(53)43-26-17-62-39-23(22-7-5-6-8-24(22)45-39)9-20(35(57)41-14-31(54)46-33)10-28(51)34(19(3)29(52)16-49)47-37(59)27-11-21(50)15-48(27)40(61)25(12-32(55)56)44-36(26)58/h5-8,18-21,25-27,29,33-34,45,49-50,52H,4,9-17H2,1-3H3,(H,41,57)(H,42,60)(H,43,53)(H,44,58)(H,46,54)(H,47,59)(H,55,56)/t18-,19?,20?,21?,25?,26?,27-,29-,33-,34-/m0/s1. The van der Waals surface area contributed by atoms with Crippen LogP contribution in [0.25, 0.3) is 10.9 Å². The minimum Gasteiger partial charge on any atom is -0.481 e. The average molecular weight is 887 g/mol. The minimum absolute atomic E-state index is 0.165. The van der Waals surface area contributed by atoms with Crippen LogP contribution in [0.5, 0.6) is 0 Å². The van der Waals surface area contributed by atoms with Gasteiger partial charge < -0.3 is 62.2 Å². The third-order valence-electron chi connectivity index (χ3n) is 11.6. The lowest BCUT2D eigenvalue weighted by atomic mass is 9.85. The number of amides is 7. The number of para-hydroxylation sites is 1. The Hall–Kier alpha value is -5.58. The maximum absolute atomic E-state index is 14.5. The molecule has 0 spiro atoms. The number of nitrogens with zero attached hydrogens (tertiary/aromatic N) is 1. The lowest BCUT2D eigenvalue weighted by molar-refractivity contribution is -0.146. The number of carboxylic acids is 1. The molecule has 22 heteroatoms. The highest BCUT2D eigenvalue weighted by molar-refractivity contribution is 7.99. The first-order valence-electron chi connectivity index (χ1n) is 20.4. The Morgan fingerprint density at radius 3 is 2.23 bits per heavy atom. The molecule has 2 aromatic rings. The molecule has 11 N–H and O–H groups in total. The van der Waals surface area contributed by atoms with E-state index in [4.69, 9.17) is 0 Å². The second-order valence-corrected chi connectivity index (χ2v) is 17.0. The lowest BCUT2D eigenvalue weighted by Crippen LogP contribution is -2.59. The van der Waals surface area contributed by atoms with E-state index in [-0.39, 0.29) is 18.6 Å². The number of ketones is 1. The van der Waals surface area contributed by atoms with Crippen molar-refractivity contribution in [2.75, 3.05) is 32.0 Å². The first-order chi connectivity index (χ1) is 29.4. The number of benzene rings is 1. The smallest absolute Gasteiger partial charge is 0.305 e. The number of aliphatic carboxylic acids is 1. The number of hydrogen-bond donors (Lipinski definition) is 11. The molecule has 0 saturated carbocycles. The Morgan fingerprint density at radius 1 is 0.871 bits per heavy atom. The Balaban J connectivity index is 1.69. The van der Waals surface area contributed by atoms with Crippen molar-refractivity contribution < 1.29 is 63.6 Å². The number of rotatable bonds is 7. The van der Waals surface area contributed by atoms with Crippen molar-refractivity contribution in [2.24, 2.45) is 17.8 Å². The van der Waals surface area contributed by atoms with E-state index in [0.29, 0.717) is 27.9 Å². The van der Waals surface area contributed by atoms with Gasteiger partial charge in [0.05, 0.1) is 49.4 Å². The van der Waals surface area contributed by atoms with Crippen LogP contribution in [-0.2, 0) is 49.6 Å². The van der Waals surface area contributed by atoms with Gasteiger partial charge in [0.15, 0.2) is 5.78 Å². The number of aliphatic hydroxyl groups excluding tert-OH is 3. The van der Waals surface area contributed by atoms with E-state index in [9.17, 15) is 63.6 Å². The van der Waals surface area contributed by atoms with Gasteiger partial charge in [0.2, 0.25) is 41.4 Å². The molecule has 0 radical (unpaired) electrons. The van der Waals surface area contributed by atoms with Crippen LogP contribution < -0.4 is 31.9 Å². The van der Waals surface area contributed by atoms with E-state index < -0.39 is 152 Å². The number of aromatic amines is 1. The number of aliphatic hydroxyl groups is 3. The van der Waals surface area contributed by atoms with Gasteiger partial charge in [0.1, 0.15) is 24.2 Å². The molecule has 3 aliphatic rings. The first kappa shape index (κ1) is 47.5. The average Bonchev–Trinajstić information content (AvgIpc) is 3.81. The summed E-state index contributed by atoms with van der Waals surface area (Å²) in [6.45, 7) is 2.27. The van der Waals surface area contributed by atoms with Crippen LogP contribution in [0.4, 0.5) is 0 Å². The van der Waals surface area contributed by atoms with E-state index in [1.165, 1.54) is 6.92 Å². The summed E-state index contributed by atoms with van der Waals surface area (Å²) in [4.78, 5) is 127. The van der Waals surface area contributed by atoms with E-state index in [2.05, 4.69) is 36.9 Å². The van der Waals surface area contributed by atoms with Crippen molar-refractivity contribution in [3.05, 3.63) is 29.8 Å². The van der Waals surface area contributed by atoms with Crippen molar-refractivity contribution in [2.45, 2.75) is 100 Å². The number of H-pyrrole nitrogens is 1. The Kier molecular flexibility index (Phi) is 16.1. The van der Waals surface area contributed by atoms with Gasteiger partial charge in [0, 0.05) is 47.9 Å². The maximum Gasteiger partial charge on any atom is 0.305 e. The van der Waals surface area contributed by atoms with Gasteiger partial charge in [-0.3, -0.25) is 43.2 Å². The Bertz CT molecular complexity index is 2060. The zero-order valence-electron chi connectivity index (χ0n) is 34.5. The number of carbonyl (C=O) groups excluding carboxylic acids is 8. The number of thioether (sulfide) groups is 1. The van der Waals surface area contributed by atoms with Crippen molar-refractivity contribution in [3.8, 4) is 0 Å². The highest BCUT2D eigenvalue weighted by Gasteiger charge is 2.45. The van der Waals surface area contributed by atoms with Crippen molar-refractivity contribution >= 4 is 75.8 Å². The van der Waals surface area contributed by atoms with Crippen LogP contribution >= 0.6 is 11.8 Å². The number of hydrogen-bond acceptors (Lipinski definition) is 13. The van der Waals surface area contributed by atoms with Gasteiger partial charge in [-0.25, -0.2) is 0 Å². The monoisotopic (exact) mass is 886 g/mol. The molecule has 1 aromatic heterocycles. The number of nitrogens with one attached hydrogen (secondary N) is 7. The number of carboxylic acid groups (broad SMARTS) is 1. The Morgan fingerprint density at radius 2 is 1.55 bits per heavy atom. The van der Waals surface area contributed by atoms with E-state index >= 15 is 0 Å². The zero-order chi connectivity index (χ0) is 45.4. The summed E-state index contributed by atoms with van der Waals surface area (Å²) in [5.74, 6) is -11.6. The fraction of sp³-hybridized carbons (Fsp3) is 0.575. The molecule has 62 heavy (non-hydrogen) atoms. The zero-order valence-corrected chi connectivity index (χ0v) is 35.3. The van der Waals surface area contributed by atoms with Crippen molar-refractivity contribution in [1.82, 2.24) is 41.8 Å². The fourth-order valence-electron chi connectivity index (χ4n) is 7.78. The van der Waals surface area contributed by atoms with Gasteiger partial charge >= 0.3 is 5.97 Å². The second-order valence-electron chi connectivity index (χ2n) is 16.0. The molecule has 5 rings (SSSR count). The maximum atomic E-state index is 14.5. The summed E-state index contributed by atoms with van der Waals surface area (Å²) in [6.07, 6.45) is -4.54. The number of carbonyl (C=O) groups is 9. The quantitative estimate of drug-likeness (QED) is 0.133. The molecule has 0 aliphatic carbocycles. The molecular weight excluding hydrogens is 833 g/mol. The normalized spacial score (nSPS) is 28.0. The molecule has 2 bridgehead atoms. The third kappa shape index (κ3) is 11.5. The predicted molar refractivity (Wildman–Crippen MR) is 220 cm³/mol. The van der Waals surface area contributed by atoms with Gasteiger partial charge in [-0.05, 0) is 24.0 Å². The van der Waals surface area contributed by atoms with Gasteiger partial charge in [-0.1, -0.05) is 45.4 Å². The van der Waals surface area contributed by atoms with E-state index in [0.717, 1.165) is 16.7 Å². The number of Topliss-reactive ketones (excluding diaryl/α,β-unsaturated/α-hetero) is 1. The van der Waals surface area contributed by atoms with Gasteiger partial charge in [0.25, 0.3) is 0 Å². The lowest BCUT2D eigenvalue weighted by Gasteiger charge is -2.32. The van der Waals surface area contributed by atoms with Crippen LogP contribution in [0, 0.1) is 17.8 Å². The summed E-state index contributed by atoms with van der Waals surface area (Å²) in [5.41, 5.74) is 1.09. The van der Waals surface area contributed by atoms with Crippen LogP contribution in [0.3, 0.4) is 0 Å². The molecule has 10 atom stereocenters. The van der Waals surface area contributed by atoms with Gasteiger partial charge in [-0.2, -0.15) is 0 Å². The predicted octanol–water partition coefficient (Wildman–Crippen LogP) is -2.95. The summed E-state index contributed by atoms with van der Waals surface area (Å²) in [5, 5.41) is 57.2. The third-order valence-corrected chi connectivity index (χ3v) is 12.7. The summed E-state index contributed by atoms with van der Waals surface area (Å²) in [7, 11) is 0. The number of fused-ring (bicyclic) bond motifs is 5. The van der Waals surface area contributed by atoms with E-state index in [1.54, 1.807) is 38.1 Å². The fourth-order valence-corrected chi connectivity index (χ4v) is 8.90. The first-order valence-corrected chi connectivity index (χ1v) is 21.4. The van der Waals surface area contributed by atoms with Crippen molar-refractivity contribution in [1.29, 1.82) is 0 Å². The minimum atomic E-state index is -1.83. The SMILES string of the molecule is CC[C@H](C)[C@@H]1NC(=O)CNC(=O)C2CC(=O)[C@H](C(C)[C@@H](O)CO)NC(=O)[C@@H]3CC(O)CN3C(=O)C(CC(=O)O)NC(=O)C(CSc3[nH]c4ccccc4c3C2)NC(=O)CNC1=O. The highest BCUT2D eigenvalue weighted by Crippen LogP contribution is 2.34. The molecule has 338 valence electrons. The van der Waals surface area contributed by atoms with Crippen LogP contribution in [0.2, 0.25) is 0 Å². The molecule has 3 aliphatic heterocycles. The number of aromatic nitrogens is 1. The molecule has 1 fully saturated rings. The molecule has 5 unspecified atom stereocenters. The molecule has 4 heterocycles. The van der Waals surface area contributed by atoms with Crippen molar-refractivity contribution in [3.63, 3.8) is 0 Å². The molecule has 7 amide bonds. The summed E-state index contributed by atoms with van der Waals surface area (Å²) >= 11 is 1.03. The highest BCUT2D eigenvalue weighted by atomic mass is 32.2. The molecule has 21 nitrogen and oxygen atoms in total. The summed E-state index contributed by atoms with van der Waals surface area (Å²) in [6, 6.07) is -0.613. The molecular formula is C40H54N8O13S. The van der Waals surface area contributed by atoms with Crippen LogP contribution in [-0.4, -0.2) is 158 Å². The van der Waals surface area contributed by atoms with Crippen LogP contribution in [0.1, 0.15) is 52.0 Å². The van der Waals surface area contributed by atoms with Crippen LogP contribution in [0.15, 0.2) is 29.3 Å². The topological polar surface area (TPSA) is 326 Å². The second kappa shape index (κ2) is 21.0. The van der Waals surface area contributed by atoms with E-state index in [1.807, 2.05) is 0 Å². The molecule has 1 aromatic carbocycles. The Labute approximate surface area is 360 Å². The largest absolute Gasteiger partial charge is 0.481 e. The summed E-state index contributed by atoms with van der Waals surface area (Å²) < 4.78 is 0.